The largest absolute Gasteiger partial charge is 0.393 e. The van der Waals surface area contributed by atoms with E-state index >= 15 is 0 Å². The predicted octanol–water partition coefficient (Wildman–Crippen LogP) is 1.28. The summed E-state index contributed by atoms with van der Waals surface area (Å²) in [6, 6.07) is 7.50. The number of carbonyl (C=O) groups is 1. The van der Waals surface area contributed by atoms with Crippen LogP contribution in [0.1, 0.15) is 23.8 Å². The van der Waals surface area contributed by atoms with Crippen molar-refractivity contribution in [2.45, 2.75) is 19.4 Å². The summed E-state index contributed by atoms with van der Waals surface area (Å²) in [5.74, 6) is -0.357. The summed E-state index contributed by atoms with van der Waals surface area (Å²) in [5.41, 5.74) is 0.658. The van der Waals surface area contributed by atoms with Gasteiger partial charge in [-0.2, -0.15) is 5.10 Å². The third kappa shape index (κ3) is 3.89. The number of nitro groups is 1. The van der Waals surface area contributed by atoms with E-state index in [0.29, 0.717) is 18.7 Å². The lowest BCUT2D eigenvalue weighted by molar-refractivity contribution is -0.384. The number of nitrogens with one attached hydrogen (secondary N) is 1. The Morgan fingerprint density at radius 1 is 1.50 bits per heavy atom. The molecule has 1 atom stereocenters. The van der Waals surface area contributed by atoms with Gasteiger partial charge in [-0.1, -0.05) is 6.07 Å². The standard InChI is InChI=1S/C14H16N4O4/c1-10(19)5-7-15-14(20)13-6-8-17(16-13)11-3-2-4-12(9-11)18(21)22/h2-4,6,8-10,19H,5,7H2,1H3,(H,15,20). The van der Waals surface area contributed by atoms with Gasteiger partial charge in [0.2, 0.25) is 0 Å². The van der Waals surface area contributed by atoms with Crippen LogP contribution in [0.2, 0.25) is 0 Å². The van der Waals surface area contributed by atoms with E-state index in [1.165, 1.54) is 22.9 Å². The monoisotopic (exact) mass is 304 g/mol. The number of nitrogens with zero attached hydrogens (tertiary/aromatic N) is 3. The number of nitro benzene ring substituents is 1. The first-order chi connectivity index (χ1) is 10.5. The lowest BCUT2D eigenvalue weighted by atomic mass is 10.3. The van der Waals surface area contributed by atoms with Gasteiger partial charge >= 0.3 is 0 Å². The molecule has 1 aromatic heterocycles. The van der Waals surface area contributed by atoms with Crippen LogP contribution < -0.4 is 5.32 Å². The van der Waals surface area contributed by atoms with Crippen LogP contribution in [0, 0.1) is 10.1 Å². The molecule has 2 N–H and O–H groups in total. The van der Waals surface area contributed by atoms with Crippen LogP contribution in [-0.4, -0.2) is 38.4 Å². The van der Waals surface area contributed by atoms with Gasteiger partial charge in [0.15, 0.2) is 5.69 Å². The summed E-state index contributed by atoms with van der Waals surface area (Å²) < 4.78 is 1.40. The molecule has 2 aromatic rings. The number of rotatable bonds is 6. The maximum Gasteiger partial charge on any atom is 0.271 e. The van der Waals surface area contributed by atoms with Crippen LogP contribution in [-0.2, 0) is 0 Å². The average molecular weight is 304 g/mol. The maximum atomic E-state index is 11.9. The van der Waals surface area contributed by atoms with Gasteiger partial charge < -0.3 is 10.4 Å². The van der Waals surface area contributed by atoms with E-state index in [9.17, 15) is 14.9 Å². The molecule has 0 spiro atoms. The molecule has 2 rings (SSSR count). The fraction of sp³-hybridized carbons (Fsp3) is 0.286. The van der Waals surface area contributed by atoms with Gasteiger partial charge in [0.05, 0.1) is 16.7 Å². The zero-order valence-corrected chi connectivity index (χ0v) is 12.0. The molecule has 0 saturated carbocycles. The first kappa shape index (κ1) is 15.6. The molecule has 1 unspecified atom stereocenters. The highest BCUT2D eigenvalue weighted by atomic mass is 16.6. The van der Waals surface area contributed by atoms with Crippen molar-refractivity contribution < 1.29 is 14.8 Å². The summed E-state index contributed by atoms with van der Waals surface area (Å²) in [6.07, 6.45) is 1.53. The molecular formula is C14H16N4O4. The Kier molecular flexibility index (Phi) is 4.84. The Labute approximate surface area is 126 Å². The van der Waals surface area contributed by atoms with Gasteiger partial charge in [-0.05, 0) is 25.5 Å². The molecule has 116 valence electrons. The maximum absolute atomic E-state index is 11.9. The van der Waals surface area contributed by atoms with Crippen LogP contribution in [0.25, 0.3) is 5.69 Å². The number of aromatic nitrogens is 2. The first-order valence-electron chi connectivity index (χ1n) is 6.74. The van der Waals surface area contributed by atoms with Crippen molar-refractivity contribution in [2.24, 2.45) is 0 Å². The quantitative estimate of drug-likeness (QED) is 0.617. The third-order valence-electron chi connectivity index (χ3n) is 2.97. The molecule has 22 heavy (non-hydrogen) atoms. The van der Waals surface area contributed by atoms with Gasteiger partial charge in [-0.3, -0.25) is 14.9 Å². The number of aliphatic hydroxyl groups excluding tert-OH is 1. The van der Waals surface area contributed by atoms with Crippen molar-refractivity contribution in [1.29, 1.82) is 0 Å². The summed E-state index contributed by atoms with van der Waals surface area (Å²) in [6.45, 7) is 1.99. The molecule has 0 aliphatic heterocycles. The highest BCUT2D eigenvalue weighted by molar-refractivity contribution is 5.92. The minimum Gasteiger partial charge on any atom is -0.393 e. The molecule has 0 aliphatic rings. The Morgan fingerprint density at radius 3 is 2.95 bits per heavy atom. The SMILES string of the molecule is CC(O)CCNC(=O)c1ccn(-c2cccc([N+](=O)[O-])c2)n1. The summed E-state index contributed by atoms with van der Waals surface area (Å²) in [4.78, 5) is 22.1. The fourth-order valence-electron chi connectivity index (χ4n) is 1.82. The van der Waals surface area contributed by atoms with Crippen LogP contribution in [0.5, 0.6) is 0 Å². The van der Waals surface area contributed by atoms with E-state index in [4.69, 9.17) is 5.11 Å². The van der Waals surface area contributed by atoms with Crippen LogP contribution >= 0.6 is 0 Å². The van der Waals surface area contributed by atoms with Crippen molar-refractivity contribution in [2.75, 3.05) is 6.54 Å². The van der Waals surface area contributed by atoms with Crippen molar-refractivity contribution in [1.82, 2.24) is 15.1 Å². The topological polar surface area (TPSA) is 110 Å². The predicted molar refractivity (Wildman–Crippen MR) is 78.8 cm³/mol. The number of amides is 1. The third-order valence-corrected chi connectivity index (χ3v) is 2.97. The number of hydrogen-bond acceptors (Lipinski definition) is 5. The molecule has 1 aromatic carbocycles. The van der Waals surface area contributed by atoms with Crippen molar-refractivity contribution in [3.8, 4) is 5.69 Å². The normalized spacial score (nSPS) is 11.9. The van der Waals surface area contributed by atoms with Gasteiger partial charge in [-0.15, -0.1) is 0 Å². The number of non-ortho nitro benzene ring substituents is 1. The van der Waals surface area contributed by atoms with Crippen LogP contribution in [0.3, 0.4) is 0 Å². The van der Waals surface area contributed by atoms with Crippen molar-refractivity contribution in [3.05, 3.63) is 52.3 Å². The van der Waals surface area contributed by atoms with Gasteiger partial charge in [0.1, 0.15) is 0 Å². The Balaban J connectivity index is 2.09. The zero-order chi connectivity index (χ0) is 16.1. The van der Waals surface area contributed by atoms with E-state index in [2.05, 4.69) is 10.4 Å². The Hall–Kier alpha value is -2.74. The lowest BCUT2D eigenvalue weighted by Gasteiger charge is -2.05. The van der Waals surface area contributed by atoms with Crippen LogP contribution in [0.4, 0.5) is 5.69 Å². The van der Waals surface area contributed by atoms with E-state index in [1.54, 1.807) is 25.3 Å². The van der Waals surface area contributed by atoms with Crippen molar-refractivity contribution >= 4 is 11.6 Å². The second-order valence-electron chi connectivity index (χ2n) is 4.82. The average Bonchev–Trinajstić information content (AvgIpc) is 2.96. The van der Waals surface area contributed by atoms with E-state index in [0.717, 1.165) is 0 Å². The molecule has 0 bridgehead atoms. The second-order valence-corrected chi connectivity index (χ2v) is 4.82. The smallest absolute Gasteiger partial charge is 0.271 e. The minimum atomic E-state index is -0.489. The number of carbonyl (C=O) groups excluding carboxylic acids is 1. The summed E-state index contributed by atoms with van der Waals surface area (Å²) >= 11 is 0. The van der Waals surface area contributed by atoms with Crippen LogP contribution in [0.15, 0.2) is 36.5 Å². The molecule has 0 fully saturated rings. The molecule has 0 radical (unpaired) electrons. The molecule has 8 nitrogen and oxygen atoms in total. The van der Waals surface area contributed by atoms with E-state index < -0.39 is 11.0 Å². The highest BCUT2D eigenvalue weighted by Gasteiger charge is 2.12. The van der Waals surface area contributed by atoms with Gasteiger partial charge in [-0.25, -0.2) is 4.68 Å². The summed E-state index contributed by atoms with van der Waals surface area (Å²) in [5, 5.41) is 26.6. The molecular weight excluding hydrogens is 288 g/mol. The highest BCUT2D eigenvalue weighted by Crippen LogP contribution is 2.16. The Bertz CT molecular complexity index is 681. The van der Waals surface area contributed by atoms with E-state index in [-0.39, 0.29) is 17.3 Å². The first-order valence-corrected chi connectivity index (χ1v) is 6.74. The molecule has 8 heteroatoms. The number of hydrogen-bond donors (Lipinski definition) is 2. The number of benzene rings is 1. The second kappa shape index (κ2) is 6.81. The molecule has 1 amide bonds. The van der Waals surface area contributed by atoms with Crippen molar-refractivity contribution in [3.63, 3.8) is 0 Å². The fourth-order valence-corrected chi connectivity index (χ4v) is 1.82. The van der Waals surface area contributed by atoms with Gasteiger partial charge in [0.25, 0.3) is 11.6 Å². The molecule has 1 heterocycles. The molecule has 0 saturated heterocycles. The lowest BCUT2D eigenvalue weighted by Crippen LogP contribution is -2.27. The molecule has 0 aliphatic carbocycles. The van der Waals surface area contributed by atoms with Gasteiger partial charge in [0, 0.05) is 24.9 Å². The summed E-state index contributed by atoms with van der Waals surface area (Å²) in [7, 11) is 0. The van der Waals surface area contributed by atoms with E-state index in [1.807, 2.05) is 0 Å². The zero-order valence-electron chi connectivity index (χ0n) is 12.0. The minimum absolute atomic E-state index is 0.0454. The Morgan fingerprint density at radius 2 is 2.27 bits per heavy atom. The number of aliphatic hydroxyl groups is 1.